The van der Waals surface area contributed by atoms with E-state index in [0.29, 0.717) is 29.7 Å². The molecule has 0 spiro atoms. The van der Waals surface area contributed by atoms with Crippen molar-refractivity contribution < 1.29 is 9.32 Å². The van der Waals surface area contributed by atoms with Crippen LogP contribution in [0.1, 0.15) is 60.3 Å². The SMILES string of the molecule is CC(C)c1ccc(-c2noc([C@@H]3CCCN(C(=O)c4ccccc4Br)C3)n2)cc1. The van der Waals surface area contributed by atoms with E-state index in [0.717, 1.165) is 29.4 Å². The van der Waals surface area contributed by atoms with Crippen LogP contribution in [-0.4, -0.2) is 34.0 Å². The van der Waals surface area contributed by atoms with Crippen LogP contribution in [-0.2, 0) is 0 Å². The normalized spacial score (nSPS) is 17.0. The molecule has 0 saturated carbocycles. The number of likely N-dealkylation sites (tertiary alicyclic amines) is 1. The summed E-state index contributed by atoms with van der Waals surface area (Å²) in [5.41, 5.74) is 2.91. The molecule has 1 aromatic heterocycles. The number of nitrogens with zero attached hydrogens (tertiary/aromatic N) is 3. The molecule has 1 aliphatic rings. The molecule has 4 rings (SSSR count). The first-order chi connectivity index (χ1) is 14.0. The summed E-state index contributed by atoms with van der Waals surface area (Å²) in [6, 6.07) is 15.8. The maximum absolute atomic E-state index is 12.9. The van der Waals surface area contributed by atoms with Crippen molar-refractivity contribution in [1.29, 1.82) is 0 Å². The number of hydrogen-bond acceptors (Lipinski definition) is 4. The second kappa shape index (κ2) is 8.49. The van der Waals surface area contributed by atoms with Crippen LogP contribution in [0.15, 0.2) is 57.5 Å². The summed E-state index contributed by atoms with van der Waals surface area (Å²) >= 11 is 3.48. The van der Waals surface area contributed by atoms with E-state index in [-0.39, 0.29) is 11.8 Å². The summed E-state index contributed by atoms with van der Waals surface area (Å²) in [7, 11) is 0. The smallest absolute Gasteiger partial charge is 0.255 e. The molecule has 2 aromatic carbocycles. The molecule has 5 nitrogen and oxygen atoms in total. The van der Waals surface area contributed by atoms with Crippen molar-refractivity contribution in [1.82, 2.24) is 15.0 Å². The van der Waals surface area contributed by atoms with Crippen molar-refractivity contribution >= 4 is 21.8 Å². The first-order valence-corrected chi connectivity index (χ1v) is 10.8. The molecule has 0 aliphatic carbocycles. The van der Waals surface area contributed by atoms with Crippen LogP contribution in [0.4, 0.5) is 0 Å². The van der Waals surface area contributed by atoms with Crippen LogP contribution < -0.4 is 0 Å². The predicted molar refractivity (Wildman–Crippen MR) is 116 cm³/mol. The monoisotopic (exact) mass is 453 g/mol. The van der Waals surface area contributed by atoms with Crippen LogP contribution in [0.3, 0.4) is 0 Å². The molecule has 0 radical (unpaired) electrons. The number of benzene rings is 2. The minimum Gasteiger partial charge on any atom is -0.339 e. The molecule has 0 N–H and O–H groups in total. The van der Waals surface area contributed by atoms with Gasteiger partial charge < -0.3 is 9.42 Å². The third-order valence-electron chi connectivity index (χ3n) is 5.44. The van der Waals surface area contributed by atoms with Gasteiger partial charge in [0, 0.05) is 23.1 Å². The first kappa shape index (κ1) is 19.8. The average molecular weight is 454 g/mol. The Labute approximate surface area is 179 Å². The summed E-state index contributed by atoms with van der Waals surface area (Å²) in [6.45, 7) is 5.68. The number of piperidine rings is 1. The Bertz CT molecular complexity index is 997. The lowest BCUT2D eigenvalue weighted by Gasteiger charge is -2.31. The van der Waals surface area contributed by atoms with Crippen molar-refractivity contribution in [2.45, 2.75) is 38.5 Å². The van der Waals surface area contributed by atoms with Gasteiger partial charge in [-0.15, -0.1) is 0 Å². The molecule has 29 heavy (non-hydrogen) atoms. The van der Waals surface area contributed by atoms with Gasteiger partial charge in [-0.05, 0) is 52.4 Å². The van der Waals surface area contributed by atoms with Gasteiger partial charge in [0.25, 0.3) is 5.91 Å². The highest BCUT2D eigenvalue weighted by atomic mass is 79.9. The van der Waals surface area contributed by atoms with E-state index in [1.165, 1.54) is 5.56 Å². The lowest BCUT2D eigenvalue weighted by Crippen LogP contribution is -2.39. The maximum atomic E-state index is 12.9. The molecular formula is C23H24BrN3O2. The van der Waals surface area contributed by atoms with E-state index in [9.17, 15) is 4.79 Å². The summed E-state index contributed by atoms with van der Waals surface area (Å²) in [4.78, 5) is 19.5. The van der Waals surface area contributed by atoms with Crippen LogP contribution in [0.5, 0.6) is 0 Å². The van der Waals surface area contributed by atoms with Gasteiger partial charge in [0.15, 0.2) is 0 Å². The van der Waals surface area contributed by atoms with Crippen LogP contribution >= 0.6 is 15.9 Å². The Morgan fingerprint density at radius 3 is 2.66 bits per heavy atom. The average Bonchev–Trinajstić information content (AvgIpc) is 3.24. The molecule has 1 aliphatic heterocycles. The number of hydrogen-bond donors (Lipinski definition) is 0. The lowest BCUT2D eigenvalue weighted by atomic mass is 9.97. The topological polar surface area (TPSA) is 59.2 Å². The third-order valence-corrected chi connectivity index (χ3v) is 6.13. The van der Waals surface area contributed by atoms with Crippen molar-refractivity contribution in [3.05, 3.63) is 70.0 Å². The molecule has 150 valence electrons. The zero-order valence-electron chi connectivity index (χ0n) is 16.6. The second-order valence-corrected chi connectivity index (χ2v) is 8.66. The first-order valence-electron chi connectivity index (χ1n) is 10.0. The number of carbonyl (C=O) groups excluding carboxylic acids is 1. The van der Waals surface area contributed by atoms with Crippen molar-refractivity contribution in [2.24, 2.45) is 0 Å². The number of aromatic nitrogens is 2. The van der Waals surface area contributed by atoms with Gasteiger partial charge in [-0.1, -0.05) is 55.4 Å². The van der Waals surface area contributed by atoms with Gasteiger partial charge in [-0.3, -0.25) is 4.79 Å². The quantitative estimate of drug-likeness (QED) is 0.512. The Morgan fingerprint density at radius 2 is 1.93 bits per heavy atom. The van der Waals surface area contributed by atoms with Crippen LogP contribution in [0, 0.1) is 0 Å². The standard InChI is InChI=1S/C23H24BrN3O2/c1-15(2)16-9-11-17(12-10-16)21-25-22(29-26-21)18-6-5-13-27(14-18)23(28)19-7-3-4-8-20(19)24/h3-4,7-12,15,18H,5-6,13-14H2,1-2H3/t18-/m1/s1. The van der Waals surface area contributed by atoms with E-state index in [4.69, 9.17) is 4.52 Å². The van der Waals surface area contributed by atoms with E-state index in [1.807, 2.05) is 41.3 Å². The van der Waals surface area contributed by atoms with Crippen molar-refractivity contribution in [2.75, 3.05) is 13.1 Å². The Balaban J connectivity index is 1.49. The largest absolute Gasteiger partial charge is 0.339 e. The van der Waals surface area contributed by atoms with Crippen molar-refractivity contribution in [3.8, 4) is 11.4 Å². The molecule has 1 atom stereocenters. The van der Waals surface area contributed by atoms with E-state index >= 15 is 0 Å². The highest BCUT2D eigenvalue weighted by molar-refractivity contribution is 9.10. The molecule has 0 unspecified atom stereocenters. The fourth-order valence-electron chi connectivity index (χ4n) is 3.70. The molecular weight excluding hydrogens is 430 g/mol. The highest BCUT2D eigenvalue weighted by Crippen LogP contribution is 2.29. The molecule has 6 heteroatoms. The Kier molecular flexibility index (Phi) is 5.81. The molecule has 2 heterocycles. The molecule has 1 saturated heterocycles. The highest BCUT2D eigenvalue weighted by Gasteiger charge is 2.29. The van der Waals surface area contributed by atoms with Gasteiger partial charge in [0.05, 0.1) is 11.5 Å². The number of carbonyl (C=O) groups is 1. The third kappa shape index (κ3) is 4.27. The minimum atomic E-state index is 0.0335. The maximum Gasteiger partial charge on any atom is 0.255 e. The summed E-state index contributed by atoms with van der Waals surface area (Å²) in [6.07, 6.45) is 1.86. The minimum absolute atomic E-state index is 0.0335. The van der Waals surface area contributed by atoms with Gasteiger partial charge in [0.1, 0.15) is 0 Å². The zero-order chi connectivity index (χ0) is 20.4. The van der Waals surface area contributed by atoms with Gasteiger partial charge in [-0.25, -0.2) is 0 Å². The molecule has 1 amide bonds. The van der Waals surface area contributed by atoms with Gasteiger partial charge in [-0.2, -0.15) is 4.98 Å². The summed E-state index contributed by atoms with van der Waals surface area (Å²) in [5, 5.41) is 4.18. The van der Waals surface area contributed by atoms with Crippen molar-refractivity contribution in [3.63, 3.8) is 0 Å². The number of halogens is 1. The van der Waals surface area contributed by atoms with E-state index in [2.05, 4.69) is 52.1 Å². The van der Waals surface area contributed by atoms with Crippen LogP contribution in [0.2, 0.25) is 0 Å². The van der Waals surface area contributed by atoms with E-state index < -0.39 is 0 Å². The van der Waals surface area contributed by atoms with Gasteiger partial charge in [0.2, 0.25) is 11.7 Å². The number of amides is 1. The van der Waals surface area contributed by atoms with Gasteiger partial charge >= 0.3 is 0 Å². The van der Waals surface area contributed by atoms with E-state index in [1.54, 1.807) is 0 Å². The molecule has 3 aromatic rings. The zero-order valence-corrected chi connectivity index (χ0v) is 18.2. The predicted octanol–water partition coefficient (Wildman–Crippen LogP) is 5.64. The molecule has 1 fully saturated rings. The summed E-state index contributed by atoms with van der Waals surface area (Å²) < 4.78 is 6.40. The van der Waals surface area contributed by atoms with Crippen LogP contribution in [0.25, 0.3) is 11.4 Å². The fraction of sp³-hybridized carbons (Fsp3) is 0.348. The fourth-order valence-corrected chi connectivity index (χ4v) is 4.16. The lowest BCUT2D eigenvalue weighted by molar-refractivity contribution is 0.0694. The number of rotatable bonds is 4. The second-order valence-electron chi connectivity index (χ2n) is 7.80. The Hall–Kier alpha value is -2.47. The molecule has 0 bridgehead atoms. The Morgan fingerprint density at radius 1 is 1.17 bits per heavy atom. The summed E-state index contributed by atoms with van der Waals surface area (Å²) in [5.74, 6) is 1.79.